The Morgan fingerprint density at radius 3 is 2.81 bits per heavy atom. The lowest BCUT2D eigenvalue weighted by Crippen LogP contribution is -2.08. The number of carboxylic acids is 1. The fourth-order valence-corrected chi connectivity index (χ4v) is 1.27. The van der Waals surface area contributed by atoms with E-state index in [1.807, 2.05) is 0 Å². The Bertz CT molecular complexity index is 424. The van der Waals surface area contributed by atoms with E-state index < -0.39 is 5.97 Å². The maximum absolute atomic E-state index is 11.2. The highest BCUT2D eigenvalue weighted by Crippen LogP contribution is 2.11. The van der Waals surface area contributed by atoms with Crippen LogP contribution in [-0.2, 0) is 16.0 Å². The average Bonchev–Trinajstić information content (AvgIpc) is 2.17. The first kappa shape index (κ1) is 12.0. The van der Waals surface area contributed by atoms with Gasteiger partial charge in [-0.1, -0.05) is 18.2 Å². The van der Waals surface area contributed by atoms with Gasteiger partial charge in [-0.05, 0) is 30.7 Å². The third kappa shape index (κ3) is 3.96. The number of hydrogen-bond donors (Lipinski definition) is 2. The summed E-state index contributed by atoms with van der Waals surface area (Å²) in [5.41, 5.74) is 1.26. The summed E-state index contributed by atoms with van der Waals surface area (Å²) in [6.07, 6.45) is 2.99. The lowest BCUT2D eigenvalue weighted by Gasteiger charge is -2.04. The van der Waals surface area contributed by atoms with Gasteiger partial charge < -0.3 is 10.4 Å². The standard InChI is InChI=1S/C12H13NO3/c1-2-4-11(14)13-10-6-3-5-9(7-10)8-12(15)16/h2-7H,8H2,1H3,(H,13,14)(H,15,16). The molecule has 0 aliphatic rings. The van der Waals surface area contributed by atoms with Crippen LogP contribution in [0.3, 0.4) is 0 Å². The molecule has 4 nitrogen and oxygen atoms in total. The molecule has 0 heterocycles. The normalized spacial score (nSPS) is 10.3. The van der Waals surface area contributed by atoms with E-state index in [1.54, 1.807) is 37.3 Å². The molecule has 0 atom stereocenters. The van der Waals surface area contributed by atoms with E-state index in [1.165, 1.54) is 6.08 Å². The highest BCUT2D eigenvalue weighted by molar-refractivity contribution is 5.99. The maximum Gasteiger partial charge on any atom is 0.307 e. The molecule has 0 aliphatic heterocycles. The summed E-state index contributed by atoms with van der Waals surface area (Å²) in [4.78, 5) is 21.7. The van der Waals surface area contributed by atoms with Gasteiger partial charge in [0.25, 0.3) is 0 Å². The van der Waals surface area contributed by atoms with Gasteiger partial charge in [-0.15, -0.1) is 0 Å². The second-order valence-electron chi connectivity index (χ2n) is 3.26. The van der Waals surface area contributed by atoms with Crippen LogP contribution in [0, 0.1) is 0 Å². The molecule has 2 N–H and O–H groups in total. The molecule has 0 aliphatic carbocycles. The Kier molecular flexibility index (Phi) is 4.27. The summed E-state index contributed by atoms with van der Waals surface area (Å²) in [7, 11) is 0. The van der Waals surface area contributed by atoms with E-state index in [0.717, 1.165) is 0 Å². The fraction of sp³-hybridized carbons (Fsp3) is 0.167. The summed E-state index contributed by atoms with van der Waals surface area (Å²) in [5.74, 6) is -1.12. The molecule has 0 spiro atoms. The van der Waals surface area contributed by atoms with Crippen molar-refractivity contribution in [3.05, 3.63) is 42.0 Å². The third-order valence-corrected chi connectivity index (χ3v) is 1.87. The number of aliphatic carboxylic acids is 1. The quantitative estimate of drug-likeness (QED) is 0.759. The number of carboxylic acid groups (broad SMARTS) is 1. The van der Waals surface area contributed by atoms with Crippen LogP contribution in [0.4, 0.5) is 5.69 Å². The smallest absolute Gasteiger partial charge is 0.307 e. The van der Waals surface area contributed by atoms with Crippen molar-refractivity contribution < 1.29 is 14.7 Å². The number of hydrogen-bond acceptors (Lipinski definition) is 2. The third-order valence-electron chi connectivity index (χ3n) is 1.87. The molecule has 84 valence electrons. The van der Waals surface area contributed by atoms with Crippen molar-refractivity contribution in [1.29, 1.82) is 0 Å². The van der Waals surface area contributed by atoms with Crippen LogP contribution in [0.15, 0.2) is 36.4 Å². The molecule has 0 saturated heterocycles. The van der Waals surface area contributed by atoms with Gasteiger partial charge in [0, 0.05) is 5.69 Å². The fourth-order valence-electron chi connectivity index (χ4n) is 1.27. The molecule has 0 radical (unpaired) electrons. The summed E-state index contributed by atoms with van der Waals surface area (Å²) in [5, 5.41) is 11.3. The molecule has 1 amide bonds. The van der Waals surface area contributed by atoms with Crippen molar-refractivity contribution in [2.45, 2.75) is 13.3 Å². The maximum atomic E-state index is 11.2. The molecule has 0 saturated carbocycles. The van der Waals surface area contributed by atoms with Crippen molar-refractivity contribution in [2.24, 2.45) is 0 Å². The van der Waals surface area contributed by atoms with Crippen molar-refractivity contribution in [3.63, 3.8) is 0 Å². The lowest BCUT2D eigenvalue weighted by molar-refractivity contribution is -0.136. The number of anilines is 1. The van der Waals surface area contributed by atoms with Crippen LogP contribution in [-0.4, -0.2) is 17.0 Å². The van der Waals surface area contributed by atoms with Gasteiger partial charge in [-0.3, -0.25) is 9.59 Å². The van der Waals surface area contributed by atoms with E-state index in [2.05, 4.69) is 5.32 Å². The van der Waals surface area contributed by atoms with Gasteiger partial charge in [0.1, 0.15) is 0 Å². The molecule has 0 bridgehead atoms. The zero-order valence-electron chi connectivity index (χ0n) is 8.93. The van der Waals surface area contributed by atoms with Crippen molar-refractivity contribution in [2.75, 3.05) is 5.32 Å². The molecule has 1 aromatic carbocycles. The first-order valence-electron chi connectivity index (χ1n) is 4.86. The molecule has 1 aromatic rings. The van der Waals surface area contributed by atoms with Gasteiger partial charge in [-0.25, -0.2) is 0 Å². The highest BCUT2D eigenvalue weighted by Gasteiger charge is 2.02. The number of benzene rings is 1. The topological polar surface area (TPSA) is 66.4 Å². The van der Waals surface area contributed by atoms with Gasteiger partial charge >= 0.3 is 5.97 Å². The monoisotopic (exact) mass is 219 g/mol. The van der Waals surface area contributed by atoms with E-state index >= 15 is 0 Å². The van der Waals surface area contributed by atoms with E-state index in [4.69, 9.17) is 5.11 Å². The Balaban J connectivity index is 2.74. The lowest BCUT2D eigenvalue weighted by atomic mass is 10.1. The van der Waals surface area contributed by atoms with Crippen LogP contribution in [0.25, 0.3) is 0 Å². The molecule has 4 heteroatoms. The summed E-state index contributed by atoms with van der Waals surface area (Å²) >= 11 is 0. The number of allylic oxidation sites excluding steroid dienone is 1. The van der Waals surface area contributed by atoms with E-state index in [-0.39, 0.29) is 12.3 Å². The second-order valence-corrected chi connectivity index (χ2v) is 3.26. The second kappa shape index (κ2) is 5.70. The van der Waals surface area contributed by atoms with Gasteiger partial charge in [0.15, 0.2) is 0 Å². The summed E-state index contributed by atoms with van der Waals surface area (Å²) in [6, 6.07) is 6.78. The Morgan fingerprint density at radius 2 is 2.19 bits per heavy atom. The minimum atomic E-state index is -0.892. The molecular formula is C12H13NO3. The first-order valence-corrected chi connectivity index (χ1v) is 4.86. The van der Waals surface area contributed by atoms with Crippen LogP contribution in [0.1, 0.15) is 12.5 Å². The van der Waals surface area contributed by atoms with Crippen molar-refractivity contribution in [1.82, 2.24) is 0 Å². The Labute approximate surface area is 93.6 Å². The molecule has 1 rings (SSSR count). The van der Waals surface area contributed by atoms with E-state index in [9.17, 15) is 9.59 Å². The van der Waals surface area contributed by atoms with Gasteiger partial charge in [0.2, 0.25) is 5.91 Å². The molecular weight excluding hydrogens is 206 g/mol. The molecule has 0 unspecified atom stereocenters. The predicted molar refractivity (Wildman–Crippen MR) is 61.2 cm³/mol. The summed E-state index contributed by atoms with van der Waals surface area (Å²) < 4.78 is 0. The molecule has 0 fully saturated rings. The molecule has 0 aromatic heterocycles. The predicted octanol–water partition coefficient (Wildman–Crippen LogP) is 1.83. The van der Waals surface area contributed by atoms with Crippen molar-refractivity contribution >= 4 is 17.6 Å². The van der Waals surface area contributed by atoms with Crippen LogP contribution < -0.4 is 5.32 Å². The first-order chi connectivity index (χ1) is 7.61. The van der Waals surface area contributed by atoms with E-state index in [0.29, 0.717) is 11.3 Å². The Hall–Kier alpha value is -2.10. The zero-order valence-corrected chi connectivity index (χ0v) is 8.93. The average molecular weight is 219 g/mol. The van der Waals surface area contributed by atoms with Crippen molar-refractivity contribution in [3.8, 4) is 0 Å². The van der Waals surface area contributed by atoms with Crippen LogP contribution in [0.2, 0.25) is 0 Å². The number of amides is 1. The molecule has 16 heavy (non-hydrogen) atoms. The zero-order chi connectivity index (χ0) is 12.0. The highest BCUT2D eigenvalue weighted by atomic mass is 16.4. The van der Waals surface area contributed by atoms with Gasteiger partial charge in [-0.2, -0.15) is 0 Å². The number of carbonyl (C=O) groups is 2. The number of nitrogens with one attached hydrogen (secondary N) is 1. The Morgan fingerprint density at radius 1 is 1.44 bits per heavy atom. The SMILES string of the molecule is CC=CC(=O)Nc1cccc(CC(=O)O)c1. The minimum Gasteiger partial charge on any atom is -0.481 e. The van der Waals surface area contributed by atoms with Crippen LogP contribution in [0.5, 0.6) is 0 Å². The van der Waals surface area contributed by atoms with Gasteiger partial charge in [0.05, 0.1) is 6.42 Å². The minimum absolute atomic E-state index is 0.0483. The largest absolute Gasteiger partial charge is 0.481 e. The summed E-state index contributed by atoms with van der Waals surface area (Å²) in [6.45, 7) is 1.75. The number of rotatable bonds is 4. The van der Waals surface area contributed by atoms with Crippen LogP contribution >= 0.6 is 0 Å². The number of carbonyl (C=O) groups excluding carboxylic acids is 1.